The molecule has 0 unspecified atom stereocenters. The van der Waals surface area contributed by atoms with E-state index in [4.69, 9.17) is 0 Å². The number of carbonyl (C=O) groups excluding carboxylic acids is 1. The number of likely N-dealkylation sites (tertiary alicyclic amines) is 1. The fourth-order valence-electron chi connectivity index (χ4n) is 2.25. The first-order valence-corrected chi connectivity index (χ1v) is 6.27. The molecule has 0 spiro atoms. The Labute approximate surface area is 102 Å². The van der Waals surface area contributed by atoms with E-state index in [9.17, 15) is 14.7 Å². The number of hydrogen-bond acceptors (Lipinski definition) is 3. The number of piperidine rings is 1. The summed E-state index contributed by atoms with van der Waals surface area (Å²) in [7, 11) is 0. The Morgan fingerprint density at radius 3 is 2.29 bits per heavy atom. The lowest BCUT2D eigenvalue weighted by Gasteiger charge is -2.38. The Morgan fingerprint density at radius 1 is 1.29 bits per heavy atom. The van der Waals surface area contributed by atoms with Crippen LogP contribution in [0.15, 0.2) is 0 Å². The lowest BCUT2D eigenvalue weighted by atomic mass is 9.76. The number of amides is 1. The largest absolute Gasteiger partial charge is 0.481 e. The second kappa shape index (κ2) is 6.00. The Hall–Kier alpha value is -1.10. The van der Waals surface area contributed by atoms with Crippen LogP contribution in [0, 0.1) is 5.41 Å². The van der Waals surface area contributed by atoms with Crippen molar-refractivity contribution in [1.29, 1.82) is 0 Å². The summed E-state index contributed by atoms with van der Waals surface area (Å²) in [5.74, 6) is -0.652. The van der Waals surface area contributed by atoms with Crippen molar-refractivity contribution in [1.82, 2.24) is 10.2 Å². The third-order valence-electron chi connectivity index (χ3n) is 3.73. The summed E-state index contributed by atoms with van der Waals surface area (Å²) in [6.45, 7) is 6.10. The number of aliphatic carboxylic acids is 1. The van der Waals surface area contributed by atoms with E-state index >= 15 is 0 Å². The average molecular weight is 242 g/mol. The molecule has 0 saturated carbocycles. The summed E-state index contributed by atoms with van der Waals surface area (Å²) >= 11 is 0. The van der Waals surface area contributed by atoms with Crippen LogP contribution in [0.5, 0.6) is 0 Å². The van der Waals surface area contributed by atoms with Crippen LogP contribution in [0.25, 0.3) is 0 Å². The Bertz CT molecular complexity index is 283. The Balaban J connectivity index is 2.49. The summed E-state index contributed by atoms with van der Waals surface area (Å²) < 4.78 is 0. The number of carboxylic acid groups (broad SMARTS) is 1. The molecule has 1 amide bonds. The minimum Gasteiger partial charge on any atom is -0.481 e. The van der Waals surface area contributed by atoms with Crippen LogP contribution in [0.3, 0.4) is 0 Å². The number of nitrogens with one attached hydrogen (secondary N) is 1. The van der Waals surface area contributed by atoms with Crippen molar-refractivity contribution in [2.75, 3.05) is 26.2 Å². The van der Waals surface area contributed by atoms with Crippen LogP contribution in [0.1, 0.15) is 33.1 Å². The molecule has 0 atom stereocenters. The molecule has 0 aromatic carbocycles. The van der Waals surface area contributed by atoms with Crippen LogP contribution < -0.4 is 5.32 Å². The van der Waals surface area contributed by atoms with Gasteiger partial charge in [-0.25, -0.2) is 0 Å². The van der Waals surface area contributed by atoms with Crippen LogP contribution in [-0.4, -0.2) is 48.1 Å². The SMILES string of the molecule is CCNCC(=O)N1CCC(CC)(C(=O)O)CC1. The predicted molar refractivity (Wildman–Crippen MR) is 64.7 cm³/mol. The molecule has 1 aliphatic rings. The van der Waals surface area contributed by atoms with Crippen molar-refractivity contribution in [3.05, 3.63) is 0 Å². The minimum absolute atomic E-state index is 0.0712. The molecule has 0 aromatic rings. The van der Waals surface area contributed by atoms with Crippen LogP contribution >= 0.6 is 0 Å². The normalized spacial score (nSPS) is 19.1. The first-order valence-electron chi connectivity index (χ1n) is 6.27. The van der Waals surface area contributed by atoms with Gasteiger partial charge in [0.1, 0.15) is 0 Å². The number of carboxylic acids is 1. The van der Waals surface area contributed by atoms with E-state index in [0.29, 0.717) is 38.9 Å². The van der Waals surface area contributed by atoms with Crippen LogP contribution in [0.4, 0.5) is 0 Å². The molecule has 1 fully saturated rings. The van der Waals surface area contributed by atoms with Crippen molar-refractivity contribution in [2.24, 2.45) is 5.41 Å². The standard InChI is InChI=1S/C12H22N2O3/c1-3-12(11(16)17)5-7-14(8-6-12)10(15)9-13-4-2/h13H,3-9H2,1-2H3,(H,16,17). The zero-order chi connectivity index (χ0) is 12.9. The Kier molecular flexibility index (Phi) is 4.93. The number of hydrogen-bond donors (Lipinski definition) is 2. The van der Waals surface area contributed by atoms with Gasteiger partial charge in [0.05, 0.1) is 12.0 Å². The fraction of sp³-hybridized carbons (Fsp3) is 0.833. The first kappa shape index (κ1) is 14.0. The fourth-order valence-corrected chi connectivity index (χ4v) is 2.25. The summed E-state index contributed by atoms with van der Waals surface area (Å²) in [5, 5.41) is 12.2. The van der Waals surface area contributed by atoms with Gasteiger partial charge >= 0.3 is 5.97 Å². The average Bonchev–Trinajstić information content (AvgIpc) is 2.35. The van der Waals surface area contributed by atoms with Gasteiger partial charge in [0, 0.05) is 13.1 Å². The van der Waals surface area contributed by atoms with Gasteiger partial charge in [0.2, 0.25) is 5.91 Å². The van der Waals surface area contributed by atoms with Crippen molar-refractivity contribution in [3.63, 3.8) is 0 Å². The minimum atomic E-state index is -0.723. The zero-order valence-corrected chi connectivity index (χ0v) is 10.7. The molecule has 1 heterocycles. The zero-order valence-electron chi connectivity index (χ0n) is 10.7. The van der Waals surface area contributed by atoms with E-state index < -0.39 is 11.4 Å². The van der Waals surface area contributed by atoms with E-state index in [-0.39, 0.29) is 5.91 Å². The lowest BCUT2D eigenvalue weighted by Crippen LogP contribution is -2.48. The van der Waals surface area contributed by atoms with Gasteiger partial charge in [-0.15, -0.1) is 0 Å². The summed E-state index contributed by atoms with van der Waals surface area (Å²) in [5.41, 5.74) is -0.616. The van der Waals surface area contributed by atoms with E-state index in [1.54, 1.807) is 4.90 Å². The molecule has 1 rings (SSSR count). The molecule has 1 aliphatic heterocycles. The third-order valence-corrected chi connectivity index (χ3v) is 3.73. The molecule has 0 aromatic heterocycles. The van der Waals surface area contributed by atoms with Crippen LogP contribution in [-0.2, 0) is 9.59 Å². The highest BCUT2D eigenvalue weighted by Crippen LogP contribution is 2.34. The molecule has 98 valence electrons. The number of carbonyl (C=O) groups is 2. The van der Waals surface area contributed by atoms with Crippen LogP contribution in [0.2, 0.25) is 0 Å². The van der Waals surface area contributed by atoms with E-state index in [1.165, 1.54) is 0 Å². The molecule has 5 nitrogen and oxygen atoms in total. The second-order valence-corrected chi connectivity index (χ2v) is 4.60. The maximum Gasteiger partial charge on any atom is 0.309 e. The van der Waals surface area contributed by atoms with Gasteiger partial charge in [-0.1, -0.05) is 13.8 Å². The molecular formula is C12H22N2O3. The topological polar surface area (TPSA) is 69.6 Å². The van der Waals surface area contributed by atoms with E-state index in [2.05, 4.69) is 5.32 Å². The highest BCUT2D eigenvalue weighted by Gasteiger charge is 2.40. The molecule has 1 saturated heterocycles. The molecular weight excluding hydrogens is 220 g/mol. The molecule has 17 heavy (non-hydrogen) atoms. The van der Waals surface area contributed by atoms with Gasteiger partial charge in [0.15, 0.2) is 0 Å². The van der Waals surface area contributed by atoms with E-state index in [1.807, 2.05) is 13.8 Å². The predicted octanol–water partition coefficient (Wildman–Crippen LogP) is 0.699. The van der Waals surface area contributed by atoms with Gasteiger partial charge in [0.25, 0.3) is 0 Å². The second-order valence-electron chi connectivity index (χ2n) is 4.60. The maximum atomic E-state index is 11.7. The first-order chi connectivity index (χ1) is 8.05. The van der Waals surface area contributed by atoms with Crippen molar-refractivity contribution < 1.29 is 14.7 Å². The highest BCUT2D eigenvalue weighted by atomic mass is 16.4. The summed E-state index contributed by atoms with van der Waals surface area (Å²) in [4.78, 5) is 24.7. The monoisotopic (exact) mass is 242 g/mol. The van der Waals surface area contributed by atoms with Gasteiger partial charge in [-0.2, -0.15) is 0 Å². The molecule has 5 heteroatoms. The highest BCUT2D eigenvalue weighted by molar-refractivity contribution is 5.79. The number of nitrogens with zero attached hydrogens (tertiary/aromatic N) is 1. The van der Waals surface area contributed by atoms with E-state index in [0.717, 1.165) is 6.54 Å². The Morgan fingerprint density at radius 2 is 1.88 bits per heavy atom. The summed E-state index contributed by atoms with van der Waals surface area (Å²) in [6, 6.07) is 0. The van der Waals surface area contributed by atoms with Gasteiger partial charge in [-0.3, -0.25) is 9.59 Å². The van der Waals surface area contributed by atoms with Gasteiger partial charge in [-0.05, 0) is 25.8 Å². The van der Waals surface area contributed by atoms with Crippen molar-refractivity contribution in [2.45, 2.75) is 33.1 Å². The molecule has 0 aliphatic carbocycles. The van der Waals surface area contributed by atoms with Gasteiger partial charge < -0.3 is 15.3 Å². The molecule has 2 N–H and O–H groups in total. The lowest BCUT2D eigenvalue weighted by molar-refractivity contribution is -0.154. The summed E-state index contributed by atoms with van der Waals surface area (Å²) in [6.07, 6.45) is 1.77. The third kappa shape index (κ3) is 3.19. The number of likely N-dealkylation sites (N-methyl/N-ethyl adjacent to an activating group) is 1. The maximum absolute atomic E-state index is 11.7. The quantitative estimate of drug-likeness (QED) is 0.744. The molecule has 0 bridgehead atoms. The molecule has 0 radical (unpaired) electrons. The number of rotatable bonds is 5. The van der Waals surface area contributed by atoms with Crippen molar-refractivity contribution in [3.8, 4) is 0 Å². The smallest absolute Gasteiger partial charge is 0.309 e. The van der Waals surface area contributed by atoms with Crippen molar-refractivity contribution >= 4 is 11.9 Å².